The van der Waals surface area contributed by atoms with E-state index in [1.54, 1.807) is 18.0 Å². The molecule has 3 nitrogen and oxygen atoms in total. The molecule has 0 amide bonds. The molecule has 0 saturated heterocycles. The van der Waals surface area contributed by atoms with Crippen LogP contribution in [0.4, 0.5) is 0 Å². The molecule has 3 rings (SSSR count). The number of carbonyl (C=O) groups is 1. The van der Waals surface area contributed by atoms with Crippen LogP contribution in [-0.2, 0) is 0 Å². The van der Waals surface area contributed by atoms with Gasteiger partial charge < -0.3 is 10.1 Å². The lowest BCUT2D eigenvalue weighted by Crippen LogP contribution is -2.05. The molecule has 0 fully saturated rings. The van der Waals surface area contributed by atoms with Crippen molar-refractivity contribution in [1.82, 2.24) is 5.32 Å². The number of ketones is 1. The van der Waals surface area contributed by atoms with Gasteiger partial charge in [0, 0.05) is 17.4 Å². The van der Waals surface area contributed by atoms with Crippen molar-refractivity contribution >= 4 is 23.2 Å². The fourth-order valence-electron chi connectivity index (χ4n) is 2.46. The number of rotatable bonds is 5. The van der Waals surface area contributed by atoms with Crippen LogP contribution < -0.4 is 10.1 Å². The van der Waals surface area contributed by atoms with E-state index in [4.69, 9.17) is 4.74 Å². The Kier molecular flexibility index (Phi) is 5.06. The molecule has 0 spiro atoms. The highest BCUT2D eigenvalue weighted by Gasteiger charge is 2.12. The van der Waals surface area contributed by atoms with Crippen molar-refractivity contribution in [2.24, 2.45) is 0 Å². The van der Waals surface area contributed by atoms with Crippen LogP contribution in [0.3, 0.4) is 0 Å². The molecule has 1 heterocycles. The Bertz CT molecular complexity index is 810. The Morgan fingerprint density at radius 3 is 2.71 bits per heavy atom. The fourth-order valence-corrected chi connectivity index (χ4v) is 3.18. The highest BCUT2D eigenvalue weighted by atomic mass is 32.2. The first-order valence-corrected chi connectivity index (χ1v) is 8.75. The monoisotopic (exact) mass is 337 g/mol. The van der Waals surface area contributed by atoms with Crippen LogP contribution in [0.1, 0.15) is 34.8 Å². The van der Waals surface area contributed by atoms with E-state index in [0.29, 0.717) is 6.42 Å². The van der Waals surface area contributed by atoms with Gasteiger partial charge in [-0.3, -0.25) is 4.79 Å². The van der Waals surface area contributed by atoms with E-state index >= 15 is 0 Å². The molecule has 2 aromatic carbocycles. The van der Waals surface area contributed by atoms with Crippen LogP contribution in [0.5, 0.6) is 5.75 Å². The fraction of sp³-hybridized carbons (Fsp3) is 0.150. The summed E-state index contributed by atoms with van der Waals surface area (Å²) < 4.78 is 5.73. The largest absolute Gasteiger partial charge is 0.462 e. The normalized spacial score (nSPS) is 15.1. The second-order valence-corrected chi connectivity index (χ2v) is 6.41. The standard InChI is InChI=1S/C20H19NO2S/c1-3-19(22)17-10-9-16(11-14(17)2)23-12-20-21-18(13-24-20)15-7-5-4-6-8-15/h4-13,21H,3H2,1-2H3. The summed E-state index contributed by atoms with van der Waals surface area (Å²) in [6.07, 6.45) is 2.22. The summed E-state index contributed by atoms with van der Waals surface area (Å²) in [6.45, 7) is 3.80. The second kappa shape index (κ2) is 7.41. The van der Waals surface area contributed by atoms with Gasteiger partial charge >= 0.3 is 0 Å². The highest BCUT2D eigenvalue weighted by molar-refractivity contribution is 8.06. The first-order chi connectivity index (χ1) is 11.7. The predicted molar refractivity (Wildman–Crippen MR) is 99.7 cm³/mol. The predicted octanol–water partition coefficient (Wildman–Crippen LogP) is 5.10. The molecular weight excluding hydrogens is 318 g/mol. The van der Waals surface area contributed by atoms with Crippen LogP contribution in [0, 0.1) is 6.92 Å². The minimum absolute atomic E-state index is 0.155. The number of hydrogen-bond donors (Lipinski definition) is 1. The van der Waals surface area contributed by atoms with E-state index in [-0.39, 0.29) is 5.78 Å². The summed E-state index contributed by atoms with van der Waals surface area (Å²) in [4.78, 5) is 11.8. The number of thioether (sulfide) groups is 1. The van der Waals surface area contributed by atoms with Crippen molar-refractivity contribution in [2.45, 2.75) is 20.3 Å². The minimum atomic E-state index is 0.155. The maximum atomic E-state index is 11.8. The van der Waals surface area contributed by atoms with Gasteiger partial charge in [0.15, 0.2) is 5.78 Å². The molecule has 122 valence electrons. The number of nitrogens with one attached hydrogen (secondary N) is 1. The molecule has 24 heavy (non-hydrogen) atoms. The van der Waals surface area contributed by atoms with Gasteiger partial charge in [0.1, 0.15) is 17.0 Å². The quantitative estimate of drug-likeness (QED) is 0.608. The lowest BCUT2D eigenvalue weighted by Gasteiger charge is -2.08. The molecule has 0 bridgehead atoms. The molecule has 0 saturated carbocycles. The lowest BCUT2D eigenvalue weighted by molar-refractivity contribution is 0.0987. The molecule has 0 atom stereocenters. The molecule has 4 heteroatoms. The molecule has 0 radical (unpaired) electrons. The molecule has 0 unspecified atom stereocenters. The first-order valence-electron chi connectivity index (χ1n) is 7.87. The number of aryl methyl sites for hydroxylation is 1. The van der Waals surface area contributed by atoms with Crippen molar-refractivity contribution in [3.63, 3.8) is 0 Å². The van der Waals surface area contributed by atoms with Gasteiger partial charge in [0.2, 0.25) is 0 Å². The third-order valence-corrected chi connectivity index (χ3v) is 4.57. The summed E-state index contributed by atoms with van der Waals surface area (Å²) in [5.74, 6) is 0.880. The van der Waals surface area contributed by atoms with E-state index in [0.717, 1.165) is 33.2 Å². The van der Waals surface area contributed by atoms with Crippen LogP contribution in [0.2, 0.25) is 0 Å². The number of ether oxygens (including phenoxy) is 1. The van der Waals surface area contributed by atoms with Gasteiger partial charge in [0.05, 0.1) is 5.70 Å². The van der Waals surface area contributed by atoms with Gasteiger partial charge in [-0.1, -0.05) is 49.0 Å². The van der Waals surface area contributed by atoms with Gasteiger partial charge in [-0.15, -0.1) is 0 Å². The Morgan fingerprint density at radius 2 is 2.00 bits per heavy atom. The van der Waals surface area contributed by atoms with E-state index in [1.165, 1.54) is 0 Å². The first kappa shape index (κ1) is 16.4. The molecular formula is C20H19NO2S. The molecule has 1 N–H and O–H groups in total. The lowest BCUT2D eigenvalue weighted by atomic mass is 10.0. The van der Waals surface area contributed by atoms with E-state index in [9.17, 15) is 4.79 Å². The Labute approximate surface area is 146 Å². The summed E-state index contributed by atoms with van der Waals surface area (Å²) >= 11 is 1.59. The van der Waals surface area contributed by atoms with Crippen LogP contribution in [-0.4, -0.2) is 5.78 Å². The van der Waals surface area contributed by atoms with Crippen LogP contribution in [0.25, 0.3) is 5.70 Å². The van der Waals surface area contributed by atoms with Crippen molar-refractivity contribution in [3.05, 3.63) is 81.9 Å². The van der Waals surface area contributed by atoms with Gasteiger partial charge in [-0.05, 0) is 36.2 Å². The van der Waals surface area contributed by atoms with E-state index in [1.807, 2.05) is 50.2 Å². The van der Waals surface area contributed by atoms with Crippen molar-refractivity contribution in [2.75, 3.05) is 0 Å². The van der Waals surface area contributed by atoms with Crippen molar-refractivity contribution in [3.8, 4) is 5.75 Å². The smallest absolute Gasteiger partial charge is 0.162 e. The molecule has 0 aliphatic carbocycles. The van der Waals surface area contributed by atoms with Crippen LogP contribution in [0.15, 0.2) is 65.2 Å². The Balaban J connectivity index is 1.65. The van der Waals surface area contributed by atoms with Crippen molar-refractivity contribution < 1.29 is 9.53 Å². The Hall–Kier alpha value is -2.46. The van der Waals surface area contributed by atoms with Crippen molar-refractivity contribution in [1.29, 1.82) is 0 Å². The Morgan fingerprint density at radius 1 is 1.21 bits per heavy atom. The summed E-state index contributed by atoms with van der Waals surface area (Å²) in [5, 5.41) is 6.34. The highest BCUT2D eigenvalue weighted by Crippen LogP contribution is 2.30. The molecule has 1 aliphatic heterocycles. The average Bonchev–Trinajstić information content (AvgIpc) is 3.09. The summed E-state index contributed by atoms with van der Waals surface area (Å²) in [6, 6.07) is 15.7. The maximum Gasteiger partial charge on any atom is 0.162 e. The van der Waals surface area contributed by atoms with E-state index < -0.39 is 0 Å². The SMILES string of the molecule is CCC(=O)c1ccc(OC=C2NC(c3ccccc3)=CS2)cc1C. The topological polar surface area (TPSA) is 38.3 Å². The maximum absolute atomic E-state index is 11.8. The minimum Gasteiger partial charge on any atom is -0.462 e. The number of Topliss-reactive ketones (excluding diaryl/α,β-unsaturated/α-hetero) is 1. The zero-order chi connectivity index (χ0) is 16.9. The third kappa shape index (κ3) is 3.71. The van der Waals surface area contributed by atoms with Crippen LogP contribution >= 0.6 is 11.8 Å². The van der Waals surface area contributed by atoms with Gasteiger partial charge in [-0.2, -0.15) is 0 Å². The number of hydrogen-bond acceptors (Lipinski definition) is 4. The summed E-state index contributed by atoms with van der Waals surface area (Å²) in [7, 11) is 0. The molecule has 0 aromatic heterocycles. The van der Waals surface area contributed by atoms with Gasteiger partial charge in [-0.25, -0.2) is 0 Å². The third-order valence-electron chi connectivity index (χ3n) is 3.77. The second-order valence-electron chi connectivity index (χ2n) is 5.49. The molecule has 1 aliphatic rings. The summed E-state index contributed by atoms with van der Waals surface area (Å²) in [5.41, 5.74) is 3.91. The van der Waals surface area contributed by atoms with E-state index in [2.05, 4.69) is 22.9 Å². The molecule has 2 aromatic rings. The number of benzene rings is 2. The average molecular weight is 337 g/mol. The number of carbonyl (C=O) groups excluding carboxylic acids is 1. The zero-order valence-corrected chi connectivity index (χ0v) is 14.5. The van der Waals surface area contributed by atoms with Gasteiger partial charge in [0.25, 0.3) is 0 Å². The zero-order valence-electron chi connectivity index (χ0n) is 13.7.